The fraction of sp³-hybridized carbons (Fsp3) is 0.417. The highest BCUT2D eigenvalue weighted by molar-refractivity contribution is 5.86. The number of rotatable bonds is 4. The lowest BCUT2D eigenvalue weighted by atomic mass is 9.84. The molecule has 0 fully saturated rings. The second-order valence-corrected chi connectivity index (χ2v) is 4.18. The second-order valence-electron chi connectivity index (χ2n) is 4.18. The molecular formula is C12H17FN2O2. The SMILES string of the molecule is CNNC(=O)C(C)(C)c1ccc(OC)c(F)c1. The minimum absolute atomic E-state index is 0.165. The molecule has 0 saturated carbocycles. The Morgan fingerprint density at radius 1 is 1.41 bits per heavy atom. The number of amides is 1. The Balaban J connectivity index is 3.07. The highest BCUT2D eigenvalue weighted by Crippen LogP contribution is 2.27. The van der Waals surface area contributed by atoms with Gasteiger partial charge in [-0.25, -0.2) is 9.82 Å². The molecule has 1 aromatic carbocycles. The van der Waals surface area contributed by atoms with Gasteiger partial charge in [-0.05, 0) is 31.5 Å². The minimum Gasteiger partial charge on any atom is -0.494 e. The van der Waals surface area contributed by atoms with Crippen LogP contribution in [-0.4, -0.2) is 20.1 Å². The van der Waals surface area contributed by atoms with Crippen LogP contribution in [0.2, 0.25) is 0 Å². The monoisotopic (exact) mass is 240 g/mol. The van der Waals surface area contributed by atoms with Crippen molar-refractivity contribution in [3.8, 4) is 5.75 Å². The predicted octanol–water partition coefficient (Wildman–Crippen LogP) is 1.36. The number of benzene rings is 1. The van der Waals surface area contributed by atoms with Gasteiger partial charge < -0.3 is 4.74 Å². The maximum atomic E-state index is 13.6. The van der Waals surface area contributed by atoms with Crippen molar-refractivity contribution in [3.05, 3.63) is 29.6 Å². The van der Waals surface area contributed by atoms with Gasteiger partial charge in [0.2, 0.25) is 5.91 Å². The van der Waals surface area contributed by atoms with Crippen molar-refractivity contribution in [3.63, 3.8) is 0 Å². The van der Waals surface area contributed by atoms with Crippen LogP contribution in [-0.2, 0) is 10.2 Å². The Morgan fingerprint density at radius 3 is 2.53 bits per heavy atom. The Hall–Kier alpha value is -1.62. The molecule has 5 heteroatoms. The third-order valence-electron chi connectivity index (χ3n) is 2.68. The van der Waals surface area contributed by atoms with Gasteiger partial charge in [0.1, 0.15) is 0 Å². The van der Waals surface area contributed by atoms with Crippen LogP contribution in [0.5, 0.6) is 5.75 Å². The molecule has 0 atom stereocenters. The summed E-state index contributed by atoms with van der Waals surface area (Å²) in [7, 11) is 3.00. The summed E-state index contributed by atoms with van der Waals surface area (Å²) in [6.07, 6.45) is 0. The van der Waals surface area contributed by atoms with E-state index in [-0.39, 0.29) is 11.7 Å². The number of methoxy groups -OCH3 is 1. The summed E-state index contributed by atoms with van der Waals surface area (Å²) in [6.45, 7) is 3.45. The van der Waals surface area contributed by atoms with Gasteiger partial charge in [-0.15, -0.1) is 0 Å². The molecule has 17 heavy (non-hydrogen) atoms. The van der Waals surface area contributed by atoms with Crippen LogP contribution in [0.15, 0.2) is 18.2 Å². The Kier molecular flexibility index (Phi) is 4.07. The van der Waals surface area contributed by atoms with Crippen LogP contribution in [0.4, 0.5) is 4.39 Å². The first kappa shape index (κ1) is 13.4. The molecule has 0 saturated heterocycles. The summed E-state index contributed by atoms with van der Waals surface area (Å²) >= 11 is 0. The predicted molar refractivity (Wildman–Crippen MR) is 63.2 cm³/mol. The molecule has 0 aliphatic carbocycles. The van der Waals surface area contributed by atoms with E-state index in [1.54, 1.807) is 27.0 Å². The molecule has 94 valence electrons. The summed E-state index contributed by atoms with van der Waals surface area (Å²) in [5.74, 6) is -0.543. The average molecular weight is 240 g/mol. The lowest BCUT2D eigenvalue weighted by Crippen LogP contribution is -2.45. The minimum atomic E-state index is -0.823. The van der Waals surface area contributed by atoms with Crippen molar-refractivity contribution in [2.75, 3.05) is 14.2 Å². The topological polar surface area (TPSA) is 50.4 Å². The van der Waals surface area contributed by atoms with E-state index in [0.29, 0.717) is 5.56 Å². The number of carbonyl (C=O) groups is 1. The molecule has 4 nitrogen and oxygen atoms in total. The highest BCUT2D eigenvalue weighted by Gasteiger charge is 2.30. The molecule has 0 aliphatic rings. The number of hydrogen-bond donors (Lipinski definition) is 2. The summed E-state index contributed by atoms with van der Waals surface area (Å²) in [5, 5.41) is 0. The van der Waals surface area contributed by atoms with Gasteiger partial charge in [-0.1, -0.05) is 6.07 Å². The van der Waals surface area contributed by atoms with Crippen LogP contribution in [0.1, 0.15) is 19.4 Å². The van der Waals surface area contributed by atoms with Gasteiger partial charge in [0.25, 0.3) is 0 Å². The van der Waals surface area contributed by atoms with E-state index < -0.39 is 11.2 Å². The molecule has 0 unspecified atom stereocenters. The quantitative estimate of drug-likeness (QED) is 0.781. The van der Waals surface area contributed by atoms with E-state index in [4.69, 9.17) is 4.74 Å². The first-order valence-corrected chi connectivity index (χ1v) is 5.24. The van der Waals surface area contributed by atoms with Crippen LogP contribution < -0.4 is 15.6 Å². The van der Waals surface area contributed by atoms with Crippen molar-refractivity contribution in [1.82, 2.24) is 10.9 Å². The second kappa shape index (κ2) is 5.14. The lowest BCUT2D eigenvalue weighted by Gasteiger charge is -2.24. The number of halogens is 1. The van der Waals surface area contributed by atoms with Crippen molar-refractivity contribution < 1.29 is 13.9 Å². The van der Waals surface area contributed by atoms with E-state index in [1.807, 2.05) is 0 Å². The molecule has 0 heterocycles. The fourth-order valence-corrected chi connectivity index (χ4v) is 1.46. The summed E-state index contributed by atoms with van der Waals surface area (Å²) in [5.41, 5.74) is 4.82. The van der Waals surface area contributed by atoms with Crippen LogP contribution >= 0.6 is 0 Å². The molecule has 1 rings (SSSR count). The number of ether oxygens (including phenoxy) is 1. The zero-order chi connectivity index (χ0) is 13.1. The fourth-order valence-electron chi connectivity index (χ4n) is 1.46. The number of carbonyl (C=O) groups excluding carboxylic acids is 1. The third-order valence-corrected chi connectivity index (χ3v) is 2.68. The van der Waals surface area contributed by atoms with Crippen molar-refractivity contribution in [2.45, 2.75) is 19.3 Å². The van der Waals surface area contributed by atoms with Gasteiger partial charge in [0, 0.05) is 7.05 Å². The number of hydrogen-bond acceptors (Lipinski definition) is 3. The zero-order valence-electron chi connectivity index (χ0n) is 10.4. The van der Waals surface area contributed by atoms with Gasteiger partial charge in [0.05, 0.1) is 12.5 Å². The summed E-state index contributed by atoms with van der Waals surface area (Å²) in [4.78, 5) is 11.8. The van der Waals surface area contributed by atoms with Crippen LogP contribution in [0.3, 0.4) is 0 Å². The maximum absolute atomic E-state index is 13.6. The van der Waals surface area contributed by atoms with E-state index in [9.17, 15) is 9.18 Å². The Bertz CT molecular complexity index is 419. The van der Waals surface area contributed by atoms with E-state index in [1.165, 1.54) is 19.2 Å². The first-order chi connectivity index (χ1) is 7.93. The molecule has 0 bridgehead atoms. The van der Waals surface area contributed by atoms with Gasteiger partial charge in [0.15, 0.2) is 11.6 Å². The standard InChI is InChI=1S/C12H17FN2O2/c1-12(2,11(16)15-14-3)8-5-6-10(17-4)9(13)7-8/h5-7,14H,1-4H3,(H,15,16). The number of nitrogens with one attached hydrogen (secondary N) is 2. The number of hydrazine groups is 1. The van der Waals surface area contributed by atoms with Crippen LogP contribution in [0.25, 0.3) is 0 Å². The van der Waals surface area contributed by atoms with Crippen molar-refractivity contribution in [2.24, 2.45) is 0 Å². The largest absolute Gasteiger partial charge is 0.494 e. The van der Waals surface area contributed by atoms with E-state index in [0.717, 1.165) is 0 Å². The summed E-state index contributed by atoms with van der Waals surface area (Å²) in [6, 6.07) is 4.50. The smallest absolute Gasteiger partial charge is 0.244 e. The molecule has 1 aromatic rings. The zero-order valence-corrected chi connectivity index (χ0v) is 10.4. The molecule has 1 amide bonds. The molecule has 2 N–H and O–H groups in total. The first-order valence-electron chi connectivity index (χ1n) is 5.24. The van der Waals surface area contributed by atoms with Crippen molar-refractivity contribution >= 4 is 5.91 Å². The third kappa shape index (κ3) is 2.74. The normalized spacial score (nSPS) is 11.1. The van der Waals surface area contributed by atoms with E-state index >= 15 is 0 Å². The molecular weight excluding hydrogens is 223 g/mol. The molecule has 0 aliphatic heterocycles. The Morgan fingerprint density at radius 2 is 2.06 bits per heavy atom. The Labute approximate surface area is 100 Å². The highest BCUT2D eigenvalue weighted by atomic mass is 19.1. The van der Waals surface area contributed by atoms with Gasteiger partial charge >= 0.3 is 0 Å². The molecule has 0 aromatic heterocycles. The van der Waals surface area contributed by atoms with E-state index in [2.05, 4.69) is 10.9 Å². The molecule has 0 radical (unpaired) electrons. The maximum Gasteiger partial charge on any atom is 0.244 e. The van der Waals surface area contributed by atoms with Crippen molar-refractivity contribution in [1.29, 1.82) is 0 Å². The lowest BCUT2D eigenvalue weighted by molar-refractivity contribution is -0.126. The average Bonchev–Trinajstić information content (AvgIpc) is 2.29. The van der Waals surface area contributed by atoms with Crippen LogP contribution in [0, 0.1) is 5.82 Å². The summed E-state index contributed by atoms with van der Waals surface area (Å²) < 4.78 is 18.4. The molecule has 0 spiro atoms. The van der Waals surface area contributed by atoms with Gasteiger partial charge in [-0.2, -0.15) is 0 Å². The van der Waals surface area contributed by atoms with Gasteiger partial charge in [-0.3, -0.25) is 10.2 Å².